The number of sulfonamides is 1. The molecule has 3 rings (SSSR count). The molecule has 0 heterocycles. The van der Waals surface area contributed by atoms with Crippen molar-refractivity contribution < 1.29 is 27.5 Å². The molecule has 0 aliphatic carbocycles. The Bertz CT molecular complexity index is 1520. The van der Waals surface area contributed by atoms with Gasteiger partial charge in [0.1, 0.15) is 24.1 Å². The third-order valence-electron chi connectivity index (χ3n) is 6.71. The molecule has 0 bridgehead atoms. The number of carbonyl (C=O) groups is 2. The van der Waals surface area contributed by atoms with E-state index in [9.17, 15) is 18.0 Å². The second-order valence-electron chi connectivity index (χ2n) is 10.2. The van der Waals surface area contributed by atoms with E-state index in [1.165, 1.54) is 43.4 Å². The van der Waals surface area contributed by atoms with Crippen LogP contribution in [0.1, 0.15) is 32.8 Å². The van der Waals surface area contributed by atoms with E-state index >= 15 is 0 Å². The molecular weight excluding hydrogens is 613 g/mol. The summed E-state index contributed by atoms with van der Waals surface area (Å²) in [5.41, 5.74) is 0.715. The molecule has 0 fully saturated rings. The molecule has 1 atom stereocenters. The molecule has 12 heteroatoms. The summed E-state index contributed by atoms with van der Waals surface area (Å²) in [7, 11) is -1.40. The zero-order valence-electron chi connectivity index (χ0n) is 24.8. The van der Waals surface area contributed by atoms with Crippen molar-refractivity contribution in [2.75, 3.05) is 31.6 Å². The molecule has 0 spiro atoms. The molecule has 0 aliphatic heterocycles. The van der Waals surface area contributed by atoms with Gasteiger partial charge in [0.25, 0.3) is 10.0 Å². The molecule has 0 unspecified atom stereocenters. The maximum Gasteiger partial charge on any atom is 0.264 e. The average Bonchev–Trinajstić information content (AvgIpc) is 2.99. The predicted octanol–water partition coefficient (Wildman–Crippen LogP) is 5.79. The number of halogens is 2. The van der Waals surface area contributed by atoms with Crippen molar-refractivity contribution in [2.45, 2.75) is 44.7 Å². The standard InChI is InChI=1S/C31H37Cl2N3O6S/c1-6-27(31(38)34-18-21(2)3)35(19-22-11-12-23(32)17-26(22)33)30(37)20-36(28-9-7-8-10-29(28)42-5)43(39,40)25-15-13-24(41-4)14-16-25/h7-17,21,27H,6,18-20H2,1-5H3,(H,34,38)/t27-/m0/s1. The number of carbonyl (C=O) groups excluding carboxylic acids is 2. The van der Waals surface area contributed by atoms with Gasteiger partial charge in [-0.05, 0) is 66.4 Å². The molecule has 3 aromatic rings. The van der Waals surface area contributed by atoms with Crippen molar-refractivity contribution in [2.24, 2.45) is 5.92 Å². The summed E-state index contributed by atoms with van der Waals surface area (Å²) >= 11 is 12.6. The van der Waals surface area contributed by atoms with E-state index in [0.717, 1.165) is 4.31 Å². The summed E-state index contributed by atoms with van der Waals surface area (Å²) in [4.78, 5) is 28.9. The molecule has 43 heavy (non-hydrogen) atoms. The third-order valence-corrected chi connectivity index (χ3v) is 9.07. The highest BCUT2D eigenvalue weighted by Crippen LogP contribution is 2.33. The van der Waals surface area contributed by atoms with E-state index in [2.05, 4.69) is 5.32 Å². The van der Waals surface area contributed by atoms with Gasteiger partial charge in [0.2, 0.25) is 11.8 Å². The first kappa shape index (κ1) is 34.0. The van der Waals surface area contributed by atoms with Gasteiger partial charge >= 0.3 is 0 Å². The monoisotopic (exact) mass is 649 g/mol. The van der Waals surface area contributed by atoms with Crippen LogP contribution in [0.4, 0.5) is 5.69 Å². The lowest BCUT2D eigenvalue weighted by Gasteiger charge is -2.33. The summed E-state index contributed by atoms with van der Waals surface area (Å²) in [5, 5.41) is 3.63. The zero-order valence-corrected chi connectivity index (χ0v) is 27.2. The number of anilines is 1. The van der Waals surface area contributed by atoms with Gasteiger partial charge in [-0.3, -0.25) is 13.9 Å². The van der Waals surface area contributed by atoms with E-state index in [-0.39, 0.29) is 41.1 Å². The molecule has 232 valence electrons. The summed E-state index contributed by atoms with van der Waals surface area (Å²) < 4.78 is 39.9. The molecule has 0 radical (unpaired) electrons. The minimum absolute atomic E-state index is 0.0508. The molecule has 0 saturated heterocycles. The number of methoxy groups -OCH3 is 2. The van der Waals surface area contributed by atoms with Crippen molar-refractivity contribution >= 4 is 50.7 Å². The van der Waals surface area contributed by atoms with Gasteiger partial charge in [0.15, 0.2) is 0 Å². The summed E-state index contributed by atoms with van der Waals surface area (Å²) in [6, 6.07) is 16.3. The Morgan fingerprint density at radius 3 is 2.21 bits per heavy atom. The highest BCUT2D eigenvalue weighted by molar-refractivity contribution is 7.92. The second-order valence-corrected chi connectivity index (χ2v) is 12.9. The Morgan fingerprint density at radius 1 is 0.953 bits per heavy atom. The quantitative estimate of drug-likeness (QED) is 0.237. The molecule has 1 N–H and O–H groups in total. The maximum absolute atomic E-state index is 14.2. The fraction of sp³-hybridized carbons (Fsp3) is 0.355. The highest BCUT2D eigenvalue weighted by Gasteiger charge is 2.35. The average molecular weight is 651 g/mol. The summed E-state index contributed by atoms with van der Waals surface area (Å²) in [6.45, 7) is 5.46. The van der Waals surface area contributed by atoms with Gasteiger partial charge in [-0.15, -0.1) is 0 Å². The third kappa shape index (κ3) is 8.55. The Labute approximate surface area is 263 Å². The normalized spacial score (nSPS) is 12.0. The van der Waals surface area contributed by atoms with Crippen LogP contribution in [0.2, 0.25) is 10.0 Å². The number of nitrogens with zero attached hydrogens (tertiary/aromatic N) is 2. The van der Waals surface area contributed by atoms with Crippen molar-refractivity contribution in [3.63, 3.8) is 0 Å². The van der Waals surface area contributed by atoms with Crippen molar-refractivity contribution in [1.29, 1.82) is 0 Å². The van der Waals surface area contributed by atoms with Crippen LogP contribution in [0.3, 0.4) is 0 Å². The first-order valence-corrected chi connectivity index (χ1v) is 15.9. The van der Waals surface area contributed by atoms with Gasteiger partial charge in [-0.1, -0.05) is 62.2 Å². The highest BCUT2D eigenvalue weighted by atomic mass is 35.5. The van der Waals surface area contributed by atoms with E-state index in [1.807, 2.05) is 13.8 Å². The number of amides is 2. The lowest BCUT2D eigenvalue weighted by atomic mass is 10.1. The van der Waals surface area contributed by atoms with Crippen LogP contribution in [-0.2, 0) is 26.2 Å². The van der Waals surface area contributed by atoms with E-state index in [0.29, 0.717) is 27.9 Å². The molecular formula is C31H37Cl2N3O6S. The van der Waals surface area contributed by atoms with Crippen LogP contribution < -0.4 is 19.1 Å². The number of nitrogens with one attached hydrogen (secondary N) is 1. The van der Waals surface area contributed by atoms with E-state index in [4.69, 9.17) is 32.7 Å². The second kappa shape index (κ2) is 15.3. The van der Waals surface area contributed by atoms with E-state index in [1.54, 1.807) is 49.4 Å². The summed E-state index contributed by atoms with van der Waals surface area (Å²) in [6.07, 6.45) is 0.279. The number of rotatable bonds is 14. The SMILES string of the molecule is CC[C@@H](C(=O)NCC(C)C)N(Cc1ccc(Cl)cc1Cl)C(=O)CN(c1ccccc1OC)S(=O)(=O)c1ccc(OC)cc1. The molecule has 0 aromatic heterocycles. The first-order chi connectivity index (χ1) is 20.4. The summed E-state index contributed by atoms with van der Waals surface area (Å²) in [5.74, 6) is -0.0477. The van der Waals surface area contributed by atoms with Crippen molar-refractivity contribution in [3.05, 3.63) is 82.3 Å². The van der Waals surface area contributed by atoms with Gasteiger partial charge in [-0.2, -0.15) is 0 Å². The number of para-hydroxylation sites is 2. The Kier molecular flexibility index (Phi) is 12.1. The fourth-order valence-electron chi connectivity index (χ4n) is 4.40. The number of ether oxygens (including phenoxy) is 2. The first-order valence-electron chi connectivity index (χ1n) is 13.7. The van der Waals surface area contributed by atoms with Crippen LogP contribution >= 0.6 is 23.2 Å². The Balaban J connectivity index is 2.11. The minimum atomic E-state index is -4.29. The number of hydrogen-bond donors (Lipinski definition) is 1. The smallest absolute Gasteiger partial charge is 0.264 e. The maximum atomic E-state index is 14.2. The van der Waals surface area contributed by atoms with Crippen LogP contribution in [-0.4, -0.2) is 58.5 Å². The minimum Gasteiger partial charge on any atom is -0.497 e. The van der Waals surface area contributed by atoms with E-state index < -0.39 is 28.5 Å². The number of hydrogen-bond acceptors (Lipinski definition) is 6. The van der Waals surface area contributed by atoms with Gasteiger partial charge in [0, 0.05) is 23.1 Å². The fourth-order valence-corrected chi connectivity index (χ4v) is 6.29. The lowest BCUT2D eigenvalue weighted by Crippen LogP contribution is -2.52. The number of benzene rings is 3. The molecule has 0 saturated carbocycles. The molecule has 0 aliphatic rings. The topological polar surface area (TPSA) is 105 Å². The van der Waals surface area contributed by atoms with Crippen LogP contribution in [0.5, 0.6) is 11.5 Å². The van der Waals surface area contributed by atoms with Gasteiger partial charge < -0.3 is 19.7 Å². The van der Waals surface area contributed by atoms with Crippen molar-refractivity contribution in [1.82, 2.24) is 10.2 Å². The van der Waals surface area contributed by atoms with Crippen LogP contribution in [0, 0.1) is 5.92 Å². The Hall–Kier alpha value is -3.47. The Morgan fingerprint density at radius 2 is 1.63 bits per heavy atom. The van der Waals surface area contributed by atoms with Crippen molar-refractivity contribution in [3.8, 4) is 11.5 Å². The van der Waals surface area contributed by atoms with Crippen LogP contribution in [0.15, 0.2) is 71.6 Å². The van der Waals surface area contributed by atoms with Crippen LogP contribution in [0.25, 0.3) is 0 Å². The van der Waals surface area contributed by atoms with Gasteiger partial charge in [0.05, 0.1) is 24.8 Å². The zero-order chi connectivity index (χ0) is 31.7. The predicted molar refractivity (Wildman–Crippen MR) is 169 cm³/mol. The largest absolute Gasteiger partial charge is 0.497 e. The molecule has 9 nitrogen and oxygen atoms in total. The molecule has 3 aromatic carbocycles. The van der Waals surface area contributed by atoms with Gasteiger partial charge in [-0.25, -0.2) is 8.42 Å². The molecule has 2 amide bonds. The lowest BCUT2D eigenvalue weighted by molar-refractivity contribution is -0.140.